The van der Waals surface area contributed by atoms with Gasteiger partial charge in [-0.25, -0.2) is 4.99 Å². The van der Waals surface area contributed by atoms with E-state index in [2.05, 4.69) is 0 Å². The molecule has 2 aromatic carbocycles. The summed E-state index contributed by atoms with van der Waals surface area (Å²) in [5.41, 5.74) is 1.76. The summed E-state index contributed by atoms with van der Waals surface area (Å²) >= 11 is 2.92. The van der Waals surface area contributed by atoms with Crippen molar-refractivity contribution in [2.45, 2.75) is 26.8 Å². The van der Waals surface area contributed by atoms with Crippen molar-refractivity contribution in [3.8, 4) is 5.75 Å². The summed E-state index contributed by atoms with van der Waals surface area (Å²) < 4.78 is 8.10. The lowest BCUT2D eigenvalue weighted by molar-refractivity contribution is -0.127. The third-order valence-electron chi connectivity index (χ3n) is 6.54. The third-order valence-corrected chi connectivity index (χ3v) is 8.35. The first-order valence-corrected chi connectivity index (χ1v) is 13.6. The Labute approximate surface area is 217 Å². The molecule has 1 atom stereocenters. The zero-order valence-electron chi connectivity index (χ0n) is 20.6. The largest absolute Gasteiger partial charge is 0.496 e. The highest BCUT2D eigenvalue weighted by atomic mass is 32.1. The lowest BCUT2D eigenvalue weighted by atomic mass is 9.90. The van der Waals surface area contributed by atoms with Crippen LogP contribution in [0, 0.1) is 0 Å². The van der Waals surface area contributed by atoms with Crippen LogP contribution in [0.15, 0.2) is 75.0 Å². The normalized spacial score (nSPS) is 15.7. The van der Waals surface area contributed by atoms with E-state index in [1.54, 1.807) is 27.9 Å². The van der Waals surface area contributed by atoms with E-state index in [1.807, 2.05) is 80.8 Å². The number of thiophene rings is 1. The second-order valence-electron chi connectivity index (χ2n) is 8.48. The number of fused-ring (bicyclic) bond motifs is 2. The number of carbonyl (C=O) groups is 1. The molecular formula is C28H27N3O3S2. The first kappa shape index (κ1) is 24.2. The second-order valence-corrected chi connectivity index (χ2v) is 10.5. The van der Waals surface area contributed by atoms with E-state index in [0.717, 1.165) is 21.2 Å². The summed E-state index contributed by atoms with van der Waals surface area (Å²) in [5.74, 6) is 0.514. The minimum absolute atomic E-state index is 0.117. The molecule has 184 valence electrons. The summed E-state index contributed by atoms with van der Waals surface area (Å²) in [6.45, 7) is 6.91. The average Bonchev–Trinajstić information content (AvgIpc) is 3.51. The first-order valence-electron chi connectivity index (χ1n) is 11.9. The number of amides is 1. The van der Waals surface area contributed by atoms with Crippen LogP contribution in [0.3, 0.4) is 0 Å². The molecule has 0 aliphatic carbocycles. The van der Waals surface area contributed by atoms with Crippen LogP contribution in [-0.4, -0.2) is 35.6 Å². The predicted molar refractivity (Wildman–Crippen MR) is 147 cm³/mol. The standard InChI is InChI=1S/C28H27N3O3S2/c1-5-30(6-2)27(33)23-17(3)29-28-31(26(32)22(36-28)16-19-11-9-15-35-19)25(23)24-20-12-8-7-10-18(20)13-14-21(24)34-4/h7-16,25H,5-6H2,1-4H3/b22-16+/t25-/m1/s1. The Balaban J connectivity index is 1.87. The van der Waals surface area contributed by atoms with E-state index in [-0.39, 0.29) is 11.5 Å². The SMILES string of the molecule is CCN(CC)C(=O)C1=C(C)N=c2s/c(=C/c3cccs3)c(=O)n2[C@H]1c1c(OC)ccc2ccccc12. The number of rotatable bonds is 6. The van der Waals surface area contributed by atoms with Crippen LogP contribution in [-0.2, 0) is 4.79 Å². The fraction of sp³-hybridized carbons (Fsp3) is 0.250. The predicted octanol–water partition coefficient (Wildman–Crippen LogP) is 4.33. The van der Waals surface area contributed by atoms with Crippen LogP contribution < -0.4 is 19.6 Å². The Hall–Kier alpha value is -3.49. The molecule has 0 radical (unpaired) electrons. The van der Waals surface area contributed by atoms with Gasteiger partial charge in [0.05, 0.1) is 22.9 Å². The monoisotopic (exact) mass is 517 g/mol. The number of likely N-dealkylation sites (N-methyl/N-ethyl adjacent to an activating group) is 1. The van der Waals surface area contributed by atoms with Crippen LogP contribution in [0.25, 0.3) is 16.8 Å². The smallest absolute Gasteiger partial charge is 0.271 e. The molecule has 0 saturated heterocycles. The van der Waals surface area contributed by atoms with Gasteiger partial charge in [-0.2, -0.15) is 0 Å². The topological polar surface area (TPSA) is 63.9 Å². The Morgan fingerprint density at radius 3 is 2.61 bits per heavy atom. The number of carbonyl (C=O) groups excluding carboxylic acids is 1. The van der Waals surface area contributed by atoms with Crippen molar-refractivity contribution in [2.24, 2.45) is 4.99 Å². The molecule has 1 aliphatic heterocycles. The molecule has 4 aromatic rings. The molecule has 2 aromatic heterocycles. The number of nitrogens with zero attached hydrogens (tertiary/aromatic N) is 3. The Morgan fingerprint density at radius 2 is 1.92 bits per heavy atom. The van der Waals surface area contributed by atoms with Crippen LogP contribution in [0.2, 0.25) is 0 Å². The van der Waals surface area contributed by atoms with Crippen LogP contribution in [0.5, 0.6) is 5.75 Å². The maximum absolute atomic E-state index is 13.9. The van der Waals surface area contributed by atoms with Gasteiger partial charge in [-0.3, -0.25) is 14.2 Å². The van der Waals surface area contributed by atoms with E-state index >= 15 is 0 Å². The van der Waals surface area contributed by atoms with Crippen molar-refractivity contribution < 1.29 is 9.53 Å². The number of hydrogen-bond acceptors (Lipinski definition) is 6. The molecule has 0 saturated carbocycles. The van der Waals surface area contributed by atoms with Gasteiger partial charge in [0.2, 0.25) is 0 Å². The van der Waals surface area contributed by atoms with E-state index in [9.17, 15) is 9.59 Å². The highest BCUT2D eigenvalue weighted by molar-refractivity contribution is 7.11. The minimum atomic E-state index is -0.666. The number of thiazole rings is 1. The number of benzene rings is 2. The third kappa shape index (κ3) is 4.00. The van der Waals surface area contributed by atoms with Gasteiger partial charge in [-0.05, 0) is 55.1 Å². The number of ether oxygens (including phenoxy) is 1. The zero-order valence-corrected chi connectivity index (χ0v) is 22.3. The zero-order chi connectivity index (χ0) is 25.4. The van der Waals surface area contributed by atoms with Crippen molar-refractivity contribution in [3.63, 3.8) is 0 Å². The highest BCUT2D eigenvalue weighted by Crippen LogP contribution is 2.40. The molecule has 8 heteroatoms. The van der Waals surface area contributed by atoms with Gasteiger partial charge in [-0.1, -0.05) is 47.7 Å². The van der Waals surface area contributed by atoms with Crippen LogP contribution >= 0.6 is 22.7 Å². The first-order chi connectivity index (χ1) is 17.5. The van der Waals surface area contributed by atoms with Gasteiger partial charge < -0.3 is 9.64 Å². The van der Waals surface area contributed by atoms with Gasteiger partial charge in [0.15, 0.2) is 4.80 Å². The molecule has 5 rings (SSSR count). The van der Waals surface area contributed by atoms with Crippen molar-refractivity contribution >= 4 is 45.4 Å². The Bertz CT molecular complexity index is 1660. The fourth-order valence-corrected chi connectivity index (χ4v) is 6.56. The second kappa shape index (κ2) is 9.87. The van der Waals surface area contributed by atoms with Crippen LogP contribution in [0.1, 0.15) is 37.3 Å². The lowest BCUT2D eigenvalue weighted by Gasteiger charge is -2.30. The molecule has 1 aliphatic rings. The summed E-state index contributed by atoms with van der Waals surface area (Å²) in [6, 6.07) is 15.2. The summed E-state index contributed by atoms with van der Waals surface area (Å²) in [5, 5.41) is 3.94. The van der Waals surface area contributed by atoms with Crippen LogP contribution in [0.4, 0.5) is 0 Å². The van der Waals surface area contributed by atoms with E-state index in [0.29, 0.717) is 39.4 Å². The molecule has 0 unspecified atom stereocenters. The Kier molecular flexibility index (Phi) is 6.64. The van der Waals surface area contributed by atoms with Gasteiger partial charge >= 0.3 is 0 Å². The molecule has 0 N–H and O–H groups in total. The number of aromatic nitrogens is 1. The van der Waals surface area contributed by atoms with Crippen molar-refractivity contribution in [1.82, 2.24) is 9.47 Å². The van der Waals surface area contributed by atoms with E-state index in [1.165, 1.54) is 11.3 Å². The maximum Gasteiger partial charge on any atom is 0.271 e. The maximum atomic E-state index is 13.9. The molecule has 3 heterocycles. The quantitative estimate of drug-likeness (QED) is 0.383. The van der Waals surface area contributed by atoms with Gasteiger partial charge in [0, 0.05) is 23.5 Å². The molecule has 0 spiro atoms. The molecular weight excluding hydrogens is 490 g/mol. The van der Waals surface area contributed by atoms with Gasteiger partial charge in [-0.15, -0.1) is 11.3 Å². The van der Waals surface area contributed by atoms with E-state index < -0.39 is 6.04 Å². The Morgan fingerprint density at radius 1 is 1.14 bits per heavy atom. The van der Waals surface area contributed by atoms with Crippen molar-refractivity contribution in [2.75, 3.05) is 20.2 Å². The van der Waals surface area contributed by atoms with Crippen molar-refractivity contribution in [3.05, 3.63) is 95.3 Å². The molecule has 6 nitrogen and oxygen atoms in total. The summed E-state index contributed by atoms with van der Waals surface area (Å²) in [6.07, 6.45) is 1.90. The van der Waals surface area contributed by atoms with Gasteiger partial charge in [0.25, 0.3) is 11.5 Å². The fourth-order valence-electron chi connectivity index (χ4n) is 4.79. The number of methoxy groups -OCH3 is 1. The summed E-state index contributed by atoms with van der Waals surface area (Å²) in [7, 11) is 1.62. The molecule has 36 heavy (non-hydrogen) atoms. The summed E-state index contributed by atoms with van der Waals surface area (Å²) in [4.78, 5) is 36.0. The molecule has 0 fully saturated rings. The lowest BCUT2D eigenvalue weighted by Crippen LogP contribution is -2.43. The minimum Gasteiger partial charge on any atom is -0.496 e. The van der Waals surface area contributed by atoms with Gasteiger partial charge in [0.1, 0.15) is 11.8 Å². The molecule has 0 bridgehead atoms. The average molecular weight is 518 g/mol. The number of hydrogen-bond donors (Lipinski definition) is 0. The van der Waals surface area contributed by atoms with E-state index in [4.69, 9.17) is 9.73 Å². The van der Waals surface area contributed by atoms with Crippen molar-refractivity contribution in [1.29, 1.82) is 0 Å². The number of allylic oxidation sites excluding steroid dienone is 1. The molecule has 1 amide bonds. The highest BCUT2D eigenvalue weighted by Gasteiger charge is 2.36.